The molecular formula is C18H21N3OS. The highest BCUT2D eigenvalue weighted by Crippen LogP contribution is 2.38. The van der Waals surface area contributed by atoms with Gasteiger partial charge in [0.25, 0.3) is 0 Å². The fraction of sp³-hybridized carbons (Fsp3) is 0.278. The lowest BCUT2D eigenvalue weighted by Crippen LogP contribution is -2.35. The smallest absolute Gasteiger partial charge is 0.188 e. The molecule has 2 aromatic rings. The first-order valence-corrected chi connectivity index (χ1v) is 8.64. The van der Waals surface area contributed by atoms with Gasteiger partial charge >= 0.3 is 0 Å². The summed E-state index contributed by atoms with van der Waals surface area (Å²) in [5, 5.41) is 3.25. The number of fused-ring (bicyclic) bond motifs is 1. The number of guanidine groups is 1. The Labute approximate surface area is 141 Å². The summed E-state index contributed by atoms with van der Waals surface area (Å²) in [6.45, 7) is 1.32. The number of rotatable bonds is 5. The maximum Gasteiger partial charge on any atom is 0.188 e. The van der Waals surface area contributed by atoms with Gasteiger partial charge in [0.2, 0.25) is 0 Å². The van der Waals surface area contributed by atoms with Gasteiger partial charge in [0, 0.05) is 28.7 Å². The fourth-order valence-corrected chi connectivity index (χ4v) is 3.94. The van der Waals surface area contributed by atoms with E-state index in [0.717, 1.165) is 23.6 Å². The third-order valence-electron chi connectivity index (χ3n) is 3.94. The van der Waals surface area contributed by atoms with E-state index in [9.17, 15) is 0 Å². The number of hydrogen-bond donors (Lipinski definition) is 2. The first kappa shape index (κ1) is 15.7. The summed E-state index contributed by atoms with van der Waals surface area (Å²) in [6.07, 6.45) is 0. The summed E-state index contributed by atoms with van der Waals surface area (Å²) in [5.41, 5.74) is 8.44. The second-order valence-electron chi connectivity index (χ2n) is 5.44. The van der Waals surface area contributed by atoms with Crippen molar-refractivity contribution in [2.75, 3.05) is 19.4 Å². The monoisotopic (exact) mass is 327 g/mol. The number of ether oxygens (including phenoxy) is 1. The molecule has 1 aliphatic rings. The number of benzene rings is 2. The van der Waals surface area contributed by atoms with Crippen LogP contribution in [0.2, 0.25) is 0 Å². The second-order valence-corrected chi connectivity index (χ2v) is 6.50. The first-order valence-electron chi connectivity index (χ1n) is 7.65. The Balaban J connectivity index is 1.56. The van der Waals surface area contributed by atoms with Gasteiger partial charge in [-0.05, 0) is 17.7 Å². The summed E-state index contributed by atoms with van der Waals surface area (Å²) in [6, 6.07) is 16.4. The zero-order valence-electron chi connectivity index (χ0n) is 13.2. The van der Waals surface area contributed by atoms with Crippen molar-refractivity contribution >= 4 is 17.7 Å². The summed E-state index contributed by atoms with van der Waals surface area (Å²) < 4.78 is 5.32. The van der Waals surface area contributed by atoms with E-state index < -0.39 is 0 Å². The average Bonchev–Trinajstić information content (AvgIpc) is 3.01. The molecule has 0 spiro atoms. The molecular weight excluding hydrogens is 306 g/mol. The van der Waals surface area contributed by atoms with Crippen molar-refractivity contribution in [1.29, 1.82) is 0 Å². The number of thioether (sulfide) groups is 1. The molecule has 0 radical (unpaired) electrons. The van der Waals surface area contributed by atoms with Crippen LogP contribution in [-0.4, -0.2) is 25.4 Å². The van der Waals surface area contributed by atoms with Gasteiger partial charge in [-0.1, -0.05) is 36.4 Å². The van der Waals surface area contributed by atoms with Gasteiger partial charge in [0.1, 0.15) is 5.75 Å². The van der Waals surface area contributed by atoms with Gasteiger partial charge in [-0.3, -0.25) is 0 Å². The van der Waals surface area contributed by atoms with Gasteiger partial charge in [-0.15, -0.1) is 11.8 Å². The van der Waals surface area contributed by atoms with Gasteiger partial charge in [0.05, 0.1) is 13.7 Å². The van der Waals surface area contributed by atoms with Crippen molar-refractivity contribution < 1.29 is 4.74 Å². The van der Waals surface area contributed by atoms with Crippen LogP contribution in [-0.2, 0) is 6.54 Å². The van der Waals surface area contributed by atoms with Crippen LogP contribution >= 0.6 is 11.8 Å². The van der Waals surface area contributed by atoms with Crippen molar-refractivity contribution in [3.05, 3.63) is 59.7 Å². The van der Waals surface area contributed by atoms with Crippen LogP contribution in [0.5, 0.6) is 5.75 Å². The topological polar surface area (TPSA) is 59.6 Å². The highest BCUT2D eigenvalue weighted by atomic mass is 32.2. The number of para-hydroxylation sites is 1. The van der Waals surface area contributed by atoms with Crippen LogP contribution in [0.1, 0.15) is 17.0 Å². The largest absolute Gasteiger partial charge is 0.496 e. The lowest BCUT2D eigenvalue weighted by Gasteiger charge is -2.13. The number of methoxy groups -OCH3 is 1. The molecule has 5 heteroatoms. The van der Waals surface area contributed by atoms with Crippen molar-refractivity contribution in [3.8, 4) is 5.75 Å². The number of nitrogens with one attached hydrogen (secondary N) is 1. The Morgan fingerprint density at radius 2 is 2.04 bits per heavy atom. The molecule has 1 aliphatic heterocycles. The molecule has 1 heterocycles. The molecule has 0 saturated heterocycles. The summed E-state index contributed by atoms with van der Waals surface area (Å²) in [5.74, 6) is 2.89. The molecule has 0 bridgehead atoms. The van der Waals surface area contributed by atoms with Crippen LogP contribution < -0.4 is 15.8 Å². The first-order chi connectivity index (χ1) is 11.3. The lowest BCUT2D eigenvalue weighted by molar-refractivity contribution is 0.410. The minimum Gasteiger partial charge on any atom is -0.496 e. The van der Waals surface area contributed by atoms with E-state index in [2.05, 4.69) is 34.6 Å². The standard InChI is InChI=1S/C18H21N3OS/c1-22-16-8-4-2-6-13(16)10-20-18(19)21-11-14-12-23-17-9-5-3-7-15(14)17/h2-9,14H,10-12H2,1H3,(H3,19,20,21). The van der Waals surface area contributed by atoms with E-state index in [1.807, 2.05) is 36.0 Å². The van der Waals surface area contributed by atoms with Crippen molar-refractivity contribution in [3.63, 3.8) is 0 Å². The van der Waals surface area contributed by atoms with Gasteiger partial charge in [-0.25, -0.2) is 4.99 Å². The molecule has 3 rings (SSSR count). The maximum absolute atomic E-state index is 6.00. The normalized spacial score (nSPS) is 16.9. The quantitative estimate of drug-likeness (QED) is 0.655. The molecule has 23 heavy (non-hydrogen) atoms. The van der Waals surface area contributed by atoms with Gasteiger partial charge < -0.3 is 15.8 Å². The van der Waals surface area contributed by atoms with Crippen molar-refractivity contribution in [2.45, 2.75) is 17.4 Å². The lowest BCUT2D eigenvalue weighted by atomic mass is 10.0. The fourth-order valence-electron chi connectivity index (χ4n) is 2.69. The Morgan fingerprint density at radius 3 is 2.91 bits per heavy atom. The van der Waals surface area contributed by atoms with Crippen LogP contribution in [0.15, 0.2) is 58.4 Å². The SMILES string of the molecule is COc1ccccc1CN=C(N)NCC1CSc2ccccc21. The zero-order valence-corrected chi connectivity index (χ0v) is 14.0. The number of nitrogens with two attached hydrogens (primary N) is 1. The van der Waals surface area contributed by atoms with E-state index in [-0.39, 0.29) is 0 Å². The van der Waals surface area contributed by atoms with Crippen LogP contribution in [0, 0.1) is 0 Å². The van der Waals surface area contributed by atoms with Crippen LogP contribution in [0.4, 0.5) is 0 Å². The maximum atomic E-state index is 6.00. The molecule has 0 amide bonds. The minimum absolute atomic E-state index is 0.477. The molecule has 4 nitrogen and oxygen atoms in total. The van der Waals surface area contributed by atoms with Crippen molar-refractivity contribution in [2.24, 2.45) is 10.7 Å². The van der Waals surface area contributed by atoms with Gasteiger partial charge in [-0.2, -0.15) is 0 Å². The molecule has 2 aromatic carbocycles. The predicted molar refractivity (Wildman–Crippen MR) is 96.2 cm³/mol. The molecule has 0 aliphatic carbocycles. The van der Waals surface area contributed by atoms with Gasteiger partial charge in [0.15, 0.2) is 5.96 Å². The minimum atomic E-state index is 0.477. The van der Waals surface area contributed by atoms with Crippen LogP contribution in [0.25, 0.3) is 0 Å². The van der Waals surface area contributed by atoms with E-state index in [1.54, 1.807) is 7.11 Å². The number of nitrogens with zero attached hydrogens (tertiary/aromatic N) is 1. The Morgan fingerprint density at radius 1 is 1.26 bits per heavy atom. The third-order valence-corrected chi connectivity index (χ3v) is 5.19. The second kappa shape index (κ2) is 7.42. The summed E-state index contributed by atoms with van der Waals surface area (Å²) in [7, 11) is 1.67. The highest BCUT2D eigenvalue weighted by molar-refractivity contribution is 7.99. The number of hydrogen-bond acceptors (Lipinski definition) is 3. The zero-order chi connectivity index (χ0) is 16.1. The van der Waals surface area contributed by atoms with Crippen LogP contribution in [0.3, 0.4) is 0 Å². The molecule has 1 atom stereocenters. The highest BCUT2D eigenvalue weighted by Gasteiger charge is 2.22. The number of aliphatic imine (C=N–C) groups is 1. The molecule has 0 saturated carbocycles. The van der Waals surface area contributed by atoms with E-state index in [4.69, 9.17) is 10.5 Å². The predicted octanol–water partition coefficient (Wildman–Crippen LogP) is 2.99. The molecule has 1 unspecified atom stereocenters. The Kier molecular flexibility index (Phi) is 5.08. The Bertz CT molecular complexity index is 702. The molecule has 0 fully saturated rings. The van der Waals surface area contributed by atoms with E-state index in [0.29, 0.717) is 18.4 Å². The molecule has 0 aromatic heterocycles. The van der Waals surface area contributed by atoms with Crippen molar-refractivity contribution in [1.82, 2.24) is 5.32 Å². The van der Waals surface area contributed by atoms with E-state index in [1.165, 1.54) is 10.5 Å². The average molecular weight is 327 g/mol. The molecule has 3 N–H and O–H groups in total. The summed E-state index contributed by atoms with van der Waals surface area (Å²) >= 11 is 1.91. The van der Waals surface area contributed by atoms with E-state index >= 15 is 0 Å². The Hall–Kier alpha value is -2.14. The molecule has 120 valence electrons. The third kappa shape index (κ3) is 3.79. The summed E-state index contributed by atoms with van der Waals surface area (Å²) in [4.78, 5) is 5.80.